The van der Waals surface area contributed by atoms with E-state index in [9.17, 15) is 4.79 Å². The molecule has 160 valence electrons. The van der Waals surface area contributed by atoms with Crippen LogP contribution < -0.4 is 24.4 Å². The summed E-state index contributed by atoms with van der Waals surface area (Å²) < 4.78 is 17.0. The van der Waals surface area contributed by atoms with E-state index in [1.165, 1.54) is 10.5 Å². The van der Waals surface area contributed by atoms with Crippen LogP contribution in [0.1, 0.15) is 36.4 Å². The van der Waals surface area contributed by atoms with Gasteiger partial charge in [-0.1, -0.05) is 18.2 Å². The number of carbonyl (C=O) groups excluding carboxylic acids is 1. The zero-order chi connectivity index (χ0) is 20.8. The van der Waals surface area contributed by atoms with Gasteiger partial charge in [0.1, 0.15) is 11.8 Å². The van der Waals surface area contributed by atoms with E-state index in [0.717, 1.165) is 55.0 Å². The highest BCUT2D eigenvalue weighted by atomic mass is 16.5. The summed E-state index contributed by atoms with van der Waals surface area (Å²) in [7, 11) is 1.67. The third-order valence-electron chi connectivity index (χ3n) is 5.95. The van der Waals surface area contributed by atoms with Gasteiger partial charge in [0.05, 0.1) is 26.9 Å². The number of carbonyl (C=O) groups is 1. The van der Waals surface area contributed by atoms with Crippen molar-refractivity contribution in [2.75, 3.05) is 40.0 Å². The molecule has 2 aliphatic heterocycles. The molecule has 2 heterocycles. The molecule has 2 aromatic rings. The molecule has 2 aliphatic rings. The predicted octanol–water partition coefficient (Wildman–Crippen LogP) is 1.94. The summed E-state index contributed by atoms with van der Waals surface area (Å²) in [6, 6.07) is 14.5. The van der Waals surface area contributed by atoms with Crippen LogP contribution in [0.4, 0.5) is 0 Å². The lowest BCUT2D eigenvalue weighted by Crippen LogP contribution is -3.11. The van der Waals surface area contributed by atoms with Crippen molar-refractivity contribution >= 4 is 5.91 Å². The fourth-order valence-corrected chi connectivity index (χ4v) is 4.44. The Labute approximate surface area is 178 Å². The van der Waals surface area contributed by atoms with Crippen LogP contribution in [-0.4, -0.2) is 45.9 Å². The van der Waals surface area contributed by atoms with E-state index in [1.54, 1.807) is 7.11 Å². The molecule has 2 atom stereocenters. The standard InChI is InChI=1S/C24H30N2O4/c1-28-21-8-3-2-6-18(21)11-12-25-24(27)17-26-13-4-7-20(26)19-9-10-22-23(16-19)30-15-5-14-29-22/h2-3,6,8-10,16,20H,4-5,7,11-15,17H2,1H3,(H,25,27)/p+1/t20-/m1/s1. The molecule has 1 saturated heterocycles. The number of benzene rings is 2. The maximum atomic E-state index is 12.6. The van der Waals surface area contributed by atoms with Crippen molar-refractivity contribution in [3.05, 3.63) is 53.6 Å². The number of nitrogens with one attached hydrogen (secondary N) is 2. The number of fused-ring (bicyclic) bond motifs is 1. The zero-order valence-corrected chi connectivity index (χ0v) is 17.6. The summed E-state index contributed by atoms with van der Waals surface area (Å²) in [6.07, 6.45) is 3.88. The van der Waals surface area contributed by atoms with Crippen LogP contribution in [0.25, 0.3) is 0 Å². The minimum Gasteiger partial charge on any atom is -0.496 e. The Bertz CT molecular complexity index is 870. The minimum atomic E-state index is 0.0983. The third kappa shape index (κ3) is 4.87. The van der Waals surface area contributed by atoms with Crippen molar-refractivity contribution in [2.45, 2.75) is 31.7 Å². The first-order chi connectivity index (χ1) is 14.7. The maximum absolute atomic E-state index is 12.6. The molecule has 0 aliphatic carbocycles. The zero-order valence-electron chi connectivity index (χ0n) is 17.6. The number of methoxy groups -OCH3 is 1. The molecule has 1 amide bonds. The molecule has 1 fully saturated rings. The van der Waals surface area contributed by atoms with Crippen LogP contribution in [0, 0.1) is 0 Å². The van der Waals surface area contributed by atoms with Crippen molar-refractivity contribution in [2.24, 2.45) is 0 Å². The number of para-hydroxylation sites is 1. The van der Waals surface area contributed by atoms with Crippen LogP contribution in [0.3, 0.4) is 0 Å². The number of hydrogen-bond donors (Lipinski definition) is 2. The number of likely N-dealkylation sites (tertiary alicyclic amines) is 1. The quantitative estimate of drug-likeness (QED) is 0.731. The summed E-state index contributed by atoms with van der Waals surface area (Å²) in [5.41, 5.74) is 2.34. The van der Waals surface area contributed by atoms with Crippen LogP contribution >= 0.6 is 0 Å². The van der Waals surface area contributed by atoms with Gasteiger partial charge in [-0.15, -0.1) is 0 Å². The fraction of sp³-hybridized carbons (Fsp3) is 0.458. The lowest BCUT2D eigenvalue weighted by atomic mass is 10.0. The van der Waals surface area contributed by atoms with Crippen LogP contribution in [-0.2, 0) is 11.2 Å². The van der Waals surface area contributed by atoms with Gasteiger partial charge in [0.25, 0.3) is 5.91 Å². The van der Waals surface area contributed by atoms with E-state index in [-0.39, 0.29) is 5.91 Å². The van der Waals surface area contributed by atoms with Crippen molar-refractivity contribution in [1.29, 1.82) is 0 Å². The van der Waals surface area contributed by atoms with Gasteiger partial charge in [0, 0.05) is 31.4 Å². The molecule has 30 heavy (non-hydrogen) atoms. The molecule has 0 aromatic heterocycles. The number of hydrogen-bond acceptors (Lipinski definition) is 4. The second-order valence-electron chi connectivity index (χ2n) is 7.95. The van der Waals surface area contributed by atoms with Crippen LogP contribution in [0.5, 0.6) is 17.2 Å². The fourth-order valence-electron chi connectivity index (χ4n) is 4.44. The second-order valence-corrected chi connectivity index (χ2v) is 7.95. The molecular weight excluding hydrogens is 380 g/mol. The normalized spacial score (nSPS) is 20.4. The van der Waals surface area contributed by atoms with Gasteiger partial charge in [-0.05, 0) is 36.2 Å². The van der Waals surface area contributed by atoms with E-state index in [1.807, 2.05) is 30.3 Å². The molecule has 1 unspecified atom stereocenters. The lowest BCUT2D eigenvalue weighted by molar-refractivity contribution is -0.910. The van der Waals surface area contributed by atoms with Crippen molar-refractivity contribution < 1.29 is 23.9 Å². The van der Waals surface area contributed by atoms with E-state index >= 15 is 0 Å². The molecule has 0 radical (unpaired) electrons. The lowest BCUT2D eigenvalue weighted by Gasteiger charge is -2.22. The summed E-state index contributed by atoms with van der Waals surface area (Å²) in [6.45, 7) is 3.50. The van der Waals surface area contributed by atoms with Crippen molar-refractivity contribution in [1.82, 2.24) is 5.32 Å². The number of quaternary nitrogens is 1. The van der Waals surface area contributed by atoms with Gasteiger partial charge < -0.3 is 24.4 Å². The molecule has 6 nitrogen and oxygen atoms in total. The van der Waals surface area contributed by atoms with Gasteiger partial charge in [0.2, 0.25) is 0 Å². The van der Waals surface area contributed by atoms with E-state index in [2.05, 4.69) is 17.4 Å². The number of ether oxygens (including phenoxy) is 3. The molecule has 0 bridgehead atoms. The van der Waals surface area contributed by atoms with Crippen molar-refractivity contribution in [3.63, 3.8) is 0 Å². The predicted molar refractivity (Wildman–Crippen MR) is 114 cm³/mol. The average molecular weight is 412 g/mol. The second kappa shape index (κ2) is 9.85. The van der Waals surface area contributed by atoms with Gasteiger partial charge in [0.15, 0.2) is 18.0 Å². The molecule has 0 spiro atoms. The largest absolute Gasteiger partial charge is 0.496 e. The maximum Gasteiger partial charge on any atom is 0.275 e. The van der Waals surface area contributed by atoms with Crippen LogP contribution in [0.2, 0.25) is 0 Å². The van der Waals surface area contributed by atoms with Crippen LogP contribution in [0.15, 0.2) is 42.5 Å². The van der Waals surface area contributed by atoms with Gasteiger partial charge in [-0.2, -0.15) is 0 Å². The molecule has 0 saturated carbocycles. The van der Waals surface area contributed by atoms with Gasteiger partial charge in [-0.3, -0.25) is 4.79 Å². The summed E-state index contributed by atoms with van der Waals surface area (Å²) >= 11 is 0. The molecule has 2 aromatic carbocycles. The topological polar surface area (TPSA) is 61.2 Å². The minimum absolute atomic E-state index is 0.0983. The Morgan fingerprint density at radius 2 is 1.97 bits per heavy atom. The first-order valence-corrected chi connectivity index (χ1v) is 10.9. The molecule has 6 heteroatoms. The molecule has 2 N–H and O–H groups in total. The SMILES string of the molecule is COc1ccccc1CCNC(=O)C[NH+]1CCC[C@@H]1c1ccc2c(c1)OCCCO2. The monoisotopic (exact) mass is 411 g/mol. The summed E-state index contributed by atoms with van der Waals surface area (Å²) in [5.74, 6) is 2.62. The van der Waals surface area contributed by atoms with Gasteiger partial charge in [-0.25, -0.2) is 0 Å². The third-order valence-corrected chi connectivity index (χ3v) is 5.95. The smallest absolute Gasteiger partial charge is 0.275 e. The highest BCUT2D eigenvalue weighted by molar-refractivity contribution is 5.76. The van der Waals surface area contributed by atoms with E-state index in [0.29, 0.717) is 32.3 Å². The van der Waals surface area contributed by atoms with Gasteiger partial charge >= 0.3 is 0 Å². The van der Waals surface area contributed by atoms with E-state index < -0.39 is 0 Å². The highest BCUT2D eigenvalue weighted by Gasteiger charge is 2.32. The average Bonchev–Trinajstić information content (AvgIpc) is 3.09. The van der Waals surface area contributed by atoms with Crippen molar-refractivity contribution in [3.8, 4) is 17.2 Å². The Kier molecular flexibility index (Phi) is 6.74. The number of amides is 1. The Hall–Kier alpha value is -2.73. The first kappa shape index (κ1) is 20.5. The molecule has 4 rings (SSSR count). The highest BCUT2D eigenvalue weighted by Crippen LogP contribution is 2.33. The summed E-state index contributed by atoms with van der Waals surface area (Å²) in [4.78, 5) is 13.9. The number of rotatable bonds is 7. The Morgan fingerprint density at radius 1 is 1.13 bits per heavy atom. The summed E-state index contributed by atoms with van der Waals surface area (Å²) in [5, 5.41) is 3.08. The Morgan fingerprint density at radius 3 is 2.83 bits per heavy atom. The van der Waals surface area contributed by atoms with E-state index in [4.69, 9.17) is 14.2 Å². The first-order valence-electron chi connectivity index (χ1n) is 10.9. The Balaban J connectivity index is 1.32. The molecular formula is C24H31N2O4+.